The highest BCUT2D eigenvalue weighted by Crippen LogP contribution is 2.17. The van der Waals surface area contributed by atoms with Crippen molar-refractivity contribution in [2.45, 2.75) is 25.3 Å². The Morgan fingerprint density at radius 2 is 2.07 bits per heavy atom. The molecule has 4 nitrogen and oxygen atoms in total. The van der Waals surface area contributed by atoms with Crippen LogP contribution in [0.1, 0.15) is 19.0 Å². The molecule has 14 heavy (non-hydrogen) atoms. The van der Waals surface area contributed by atoms with Crippen LogP contribution in [0, 0.1) is 6.92 Å². The molecule has 0 aliphatic rings. The van der Waals surface area contributed by atoms with Crippen molar-refractivity contribution in [3.8, 4) is 0 Å². The van der Waals surface area contributed by atoms with Gasteiger partial charge >= 0.3 is 0 Å². The zero-order chi connectivity index (χ0) is 10.8. The monoisotopic (exact) mass is 214 g/mol. The summed E-state index contributed by atoms with van der Waals surface area (Å²) in [6.07, 6.45) is 0.567. The van der Waals surface area contributed by atoms with Crippen LogP contribution in [0.5, 0.6) is 0 Å². The van der Waals surface area contributed by atoms with Gasteiger partial charge in [-0.2, -0.15) is 0 Å². The van der Waals surface area contributed by atoms with Gasteiger partial charge in [0.2, 0.25) is 0 Å². The second-order valence-electron chi connectivity index (χ2n) is 3.17. The first-order valence-corrected chi connectivity index (χ1v) is 6.08. The SMILES string of the molecule is CCCS(=O)(=O)c1nc(C)ccc1N. The molecule has 0 aliphatic carbocycles. The number of nitrogens with two attached hydrogens (primary N) is 1. The van der Waals surface area contributed by atoms with Gasteiger partial charge in [0.1, 0.15) is 0 Å². The number of rotatable bonds is 3. The number of sulfone groups is 1. The summed E-state index contributed by atoms with van der Waals surface area (Å²) in [5, 5.41) is 0.0133. The lowest BCUT2D eigenvalue weighted by Crippen LogP contribution is -2.11. The number of aryl methyl sites for hydroxylation is 1. The normalized spacial score (nSPS) is 11.6. The van der Waals surface area contributed by atoms with Crippen molar-refractivity contribution in [1.29, 1.82) is 0 Å². The van der Waals surface area contributed by atoms with Crippen LogP contribution < -0.4 is 5.73 Å². The highest BCUT2D eigenvalue weighted by molar-refractivity contribution is 7.91. The highest BCUT2D eigenvalue weighted by Gasteiger charge is 2.18. The number of aromatic nitrogens is 1. The van der Waals surface area contributed by atoms with Crippen LogP contribution in [0.3, 0.4) is 0 Å². The summed E-state index contributed by atoms with van der Waals surface area (Å²) < 4.78 is 23.3. The summed E-state index contributed by atoms with van der Waals surface area (Å²) >= 11 is 0. The molecule has 0 saturated heterocycles. The zero-order valence-electron chi connectivity index (χ0n) is 8.32. The molecule has 78 valence electrons. The fourth-order valence-electron chi connectivity index (χ4n) is 1.16. The van der Waals surface area contributed by atoms with Gasteiger partial charge in [-0.3, -0.25) is 0 Å². The van der Waals surface area contributed by atoms with E-state index in [4.69, 9.17) is 5.73 Å². The van der Waals surface area contributed by atoms with E-state index in [1.165, 1.54) is 0 Å². The minimum Gasteiger partial charge on any atom is -0.396 e. The highest BCUT2D eigenvalue weighted by atomic mass is 32.2. The summed E-state index contributed by atoms with van der Waals surface area (Å²) in [5.41, 5.74) is 6.45. The van der Waals surface area contributed by atoms with Crippen LogP contribution in [0.25, 0.3) is 0 Å². The predicted octanol–water partition coefficient (Wildman–Crippen LogP) is 1.16. The van der Waals surface area contributed by atoms with Gasteiger partial charge < -0.3 is 5.73 Å². The first-order valence-electron chi connectivity index (χ1n) is 4.43. The van der Waals surface area contributed by atoms with Crippen molar-refractivity contribution < 1.29 is 8.42 Å². The minimum absolute atomic E-state index is 0.0133. The molecule has 0 amide bonds. The van der Waals surface area contributed by atoms with Gasteiger partial charge in [0.25, 0.3) is 0 Å². The van der Waals surface area contributed by atoms with Gasteiger partial charge in [0.15, 0.2) is 14.9 Å². The van der Waals surface area contributed by atoms with E-state index in [0.717, 1.165) is 0 Å². The van der Waals surface area contributed by atoms with Crippen molar-refractivity contribution in [2.75, 3.05) is 11.5 Å². The van der Waals surface area contributed by atoms with Crippen molar-refractivity contribution in [3.63, 3.8) is 0 Å². The molecule has 0 aliphatic heterocycles. The number of nitrogens with zero attached hydrogens (tertiary/aromatic N) is 1. The van der Waals surface area contributed by atoms with Gasteiger partial charge in [-0.25, -0.2) is 13.4 Å². The fraction of sp³-hybridized carbons (Fsp3) is 0.444. The second kappa shape index (κ2) is 3.96. The van der Waals surface area contributed by atoms with Gasteiger partial charge in [-0.1, -0.05) is 6.92 Å². The molecule has 2 N–H and O–H groups in total. The van der Waals surface area contributed by atoms with E-state index in [0.29, 0.717) is 12.1 Å². The van der Waals surface area contributed by atoms with Crippen molar-refractivity contribution in [2.24, 2.45) is 0 Å². The third-order valence-corrected chi connectivity index (χ3v) is 3.66. The average molecular weight is 214 g/mol. The van der Waals surface area contributed by atoms with Gasteiger partial charge in [-0.15, -0.1) is 0 Å². The largest absolute Gasteiger partial charge is 0.396 e. The van der Waals surface area contributed by atoms with Crippen molar-refractivity contribution in [3.05, 3.63) is 17.8 Å². The summed E-state index contributed by atoms with van der Waals surface area (Å²) in [6, 6.07) is 3.27. The van der Waals surface area contributed by atoms with Gasteiger partial charge in [0.05, 0.1) is 11.4 Å². The third kappa shape index (κ3) is 2.23. The van der Waals surface area contributed by atoms with Crippen LogP contribution >= 0.6 is 0 Å². The zero-order valence-corrected chi connectivity index (χ0v) is 9.13. The molecule has 0 radical (unpaired) electrons. The smallest absolute Gasteiger partial charge is 0.197 e. The fourth-order valence-corrected chi connectivity index (χ4v) is 2.60. The lowest BCUT2D eigenvalue weighted by Gasteiger charge is -2.05. The quantitative estimate of drug-likeness (QED) is 0.819. The molecule has 5 heteroatoms. The van der Waals surface area contributed by atoms with E-state index < -0.39 is 9.84 Å². The topological polar surface area (TPSA) is 73.0 Å². The first kappa shape index (κ1) is 11.0. The van der Waals surface area contributed by atoms with Crippen LogP contribution in [0.15, 0.2) is 17.2 Å². The number of anilines is 1. The Balaban J connectivity index is 3.25. The number of nitrogen functional groups attached to an aromatic ring is 1. The Morgan fingerprint density at radius 3 is 2.64 bits per heavy atom. The molecule has 1 aromatic heterocycles. The van der Waals surface area contributed by atoms with E-state index in [9.17, 15) is 8.42 Å². The van der Waals surface area contributed by atoms with Crippen molar-refractivity contribution in [1.82, 2.24) is 4.98 Å². The molecule has 0 saturated carbocycles. The maximum atomic E-state index is 11.7. The summed E-state index contributed by atoms with van der Waals surface area (Å²) in [5.74, 6) is 0.0909. The molecule has 1 rings (SSSR count). The van der Waals surface area contributed by atoms with E-state index in [1.54, 1.807) is 19.1 Å². The Hall–Kier alpha value is -1.10. The molecule has 1 heterocycles. The van der Waals surface area contributed by atoms with Crippen LogP contribution in [0.4, 0.5) is 5.69 Å². The molecule has 1 aromatic rings. The van der Waals surface area contributed by atoms with Crippen LogP contribution in [-0.2, 0) is 9.84 Å². The van der Waals surface area contributed by atoms with E-state index in [2.05, 4.69) is 4.98 Å². The van der Waals surface area contributed by atoms with Crippen molar-refractivity contribution >= 4 is 15.5 Å². The lowest BCUT2D eigenvalue weighted by atomic mass is 10.3. The maximum Gasteiger partial charge on any atom is 0.197 e. The number of hydrogen-bond donors (Lipinski definition) is 1. The predicted molar refractivity (Wildman–Crippen MR) is 55.7 cm³/mol. The summed E-state index contributed by atoms with van der Waals surface area (Å²) in [4.78, 5) is 3.95. The summed E-state index contributed by atoms with van der Waals surface area (Å²) in [6.45, 7) is 3.55. The van der Waals surface area contributed by atoms with Gasteiger partial charge in [0, 0.05) is 5.69 Å². The maximum absolute atomic E-state index is 11.7. The third-order valence-electron chi connectivity index (χ3n) is 1.80. The van der Waals surface area contributed by atoms with E-state index >= 15 is 0 Å². The number of pyridine rings is 1. The van der Waals surface area contributed by atoms with E-state index in [1.807, 2.05) is 6.92 Å². The van der Waals surface area contributed by atoms with Gasteiger partial charge in [-0.05, 0) is 25.5 Å². The average Bonchev–Trinajstić information content (AvgIpc) is 2.09. The molecule has 0 aromatic carbocycles. The lowest BCUT2D eigenvalue weighted by molar-refractivity contribution is 0.591. The Kier molecular flexibility index (Phi) is 3.10. The Morgan fingerprint density at radius 1 is 1.43 bits per heavy atom. The van der Waals surface area contributed by atoms with Crippen LogP contribution in [-0.4, -0.2) is 19.2 Å². The molecule has 0 atom stereocenters. The molecular weight excluding hydrogens is 200 g/mol. The standard InChI is InChI=1S/C9H14N2O2S/c1-3-6-14(12,13)9-8(10)5-4-7(2)11-9/h4-5H,3,6,10H2,1-2H3. The Labute approximate surface area is 84.1 Å². The molecule has 0 bridgehead atoms. The molecule has 0 fully saturated rings. The first-order chi connectivity index (χ1) is 6.47. The van der Waals surface area contributed by atoms with Crippen LogP contribution in [0.2, 0.25) is 0 Å². The molecule has 0 spiro atoms. The summed E-state index contributed by atoms with van der Waals surface area (Å²) in [7, 11) is -3.30. The number of hydrogen-bond acceptors (Lipinski definition) is 4. The second-order valence-corrected chi connectivity index (χ2v) is 5.19. The minimum atomic E-state index is -3.30. The molecular formula is C9H14N2O2S. The molecule has 0 unspecified atom stereocenters. The Bertz CT molecular complexity index is 426. The van der Waals surface area contributed by atoms with E-state index in [-0.39, 0.29) is 16.5 Å².